The van der Waals surface area contributed by atoms with Crippen LogP contribution < -0.4 is 0 Å². The Bertz CT molecular complexity index is 591. The first-order valence-electron chi connectivity index (χ1n) is 12.6. The van der Waals surface area contributed by atoms with Crippen LogP contribution in [0.25, 0.3) is 0 Å². The summed E-state index contributed by atoms with van der Waals surface area (Å²) in [6, 6.07) is 0. The first-order valence-corrected chi connectivity index (χ1v) is 13.8. The zero-order valence-electron chi connectivity index (χ0n) is 19.3. The lowest BCUT2D eigenvalue weighted by molar-refractivity contribution is -0.0495. The van der Waals surface area contributed by atoms with E-state index in [4.69, 9.17) is 0 Å². The minimum absolute atomic E-state index is 0.548. The maximum atomic E-state index is 2.75. The van der Waals surface area contributed by atoms with Crippen LogP contribution in [0.3, 0.4) is 0 Å². The van der Waals surface area contributed by atoms with Gasteiger partial charge in [0.2, 0.25) is 0 Å². The third-order valence-electron chi connectivity index (χ3n) is 10.2. The van der Waals surface area contributed by atoms with Gasteiger partial charge in [-0.15, -0.1) is 0 Å². The second kappa shape index (κ2) is 8.19. The lowest BCUT2D eigenvalue weighted by Crippen LogP contribution is -2.50. The third-order valence-corrected chi connectivity index (χ3v) is 11.3. The van der Waals surface area contributed by atoms with Gasteiger partial charge in [-0.05, 0) is 97.7 Å². The van der Waals surface area contributed by atoms with Gasteiger partial charge >= 0.3 is 0 Å². The van der Waals surface area contributed by atoms with Crippen LogP contribution in [-0.4, -0.2) is 3.92 Å². The number of alkyl halides is 1. The van der Waals surface area contributed by atoms with Gasteiger partial charge in [-0.3, -0.25) is 0 Å². The van der Waals surface area contributed by atoms with Crippen LogP contribution in [0.2, 0.25) is 0 Å². The summed E-state index contributed by atoms with van der Waals surface area (Å²) >= 11 is 2.71. The SMILES string of the molecule is CC(C)CCC[C@@H](C)C1CC[C@H]2[C@@H]3CC=C4C[C@@H](I)CCC4(C)C3CCC12C. The lowest BCUT2D eigenvalue weighted by atomic mass is 9.47. The summed E-state index contributed by atoms with van der Waals surface area (Å²) in [5, 5.41) is 0. The molecule has 4 aliphatic rings. The highest BCUT2D eigenvalue weighted by molar-refractivity contribution is 14.1. The summed E-state index contributed by atoms with van der Waals surface area (Å²) in [5.41, 5.74) is 3.05. The molecule has 0 nitrogen and oxygen atoms in total. The Morgan fingerprint density at radius 2 is 1.79 bits per heavy atom. The average Bonchev–Trinajstić information content (AvgIpc) is 2.99. The van der Waals surface area contributed by atoms with Crippen LogP contribution in [0.1, 0.15) is 105 Å². The van der Waals surface area contributed by atoms with Crippen molar-refractivity contribution in [1.29, 1.82) is 0 Å². The number of fused-ring (bicyclic) bond motifs is 5. The lowest BCUT2D eigenvalue weighted by Gasteiger charge is -2.58. The molecule has 28 heavy (non-hydrogen) atoms. The van der Waals surface area contributed by atoms with Gasteiger partial charge < -0.3 is 0 Å². The highest BCUT2D eigenvalue weighted by atomic mass is 127. The van der Waals surface area contributed by atoms with E-state index in [0.29, 0.717) is 10.8 Å². The number of hydrogen-bond donors (Lipinski definition) is 0. The molecule has 0 heterocycles. The molecule has 0 bridgehead atoms. The monoisotopic (exact) mass is 496 g/mol. The first-order chi connectivity index (χ1) is 13.3. The number of halogens is 1. The van der Waals surface area contributed by atoms with Gasteiger partial charge in [-0.1, -0.05) is 88.1 Å². The Balaban J connectivity index is 1.49. The molecule has 0 aromatic rings. The summed E-state index contributed by atoms with van der Waals surface area (Å²) in [6.45, 7) is 12.8. The van der Waals surface area contributed by atoms with Gasteiger partial charge in [0.25, 0.3) is 0 Å². The van der Waals surface area contributed by atoms with Crippen molar-refractivity contribution in [2.24, 2.45) is 46.3 Å². The second-order valence-electron chi connectivity index (χ2n) is 12.1. The molecule has 3 fully saturated rings. The Morgan fingerprint density at radius 3 is 2.54 bits per heavy atom. The van der Waals surface area contributed by atoms with Crippen LogP contribution in [0.4, 0.5) is 0 Å². The average molecular weight is 497 g/mol. The summed E-state index contributed by atoms with van der Waals surface area (Å²) in [7, 11) is 0. The van der Waals surface area contributed by atoms with E-state index < -0.39 is 0 Å². The fraction of sp³-hybridized carbons (Fsp3) is 0.926. The van der Waals surface area contributed by atoms with E-state index >= 15 is 0 Å². The quantitative estimate of drug-likeness (QED) is 0.203. The minimum Gasteiger partial charge on any atom is -0.0844 e. The molecule has 0 spiro atoms. The molecule has 1 heteroatoms. The molecule has 4 aliphatic carbocycles. The Labute approximate surface area is 189 Å². The van der Waals surface area contributed by atoms with Gasteiger partial charge in [-0.25, -0.2) is 0 Å². The number of hydrogen-bond acceptors (Lipinski definition) is 0. The molecule has 0 aromatic heterocycles. The number of allylic oxidation sites excluding steroid dienone is 2. The van der Waals surface area contributed by atoms with E-state index in [0.717, 1.165) is 39.4 Å². The van der Waals surface area contributed by atoms with Crippen LogP contribution in [0.15, 0.2) is 11.6 Å². The largest absolute Gasteiger partial charge is 0.0844 e. The smallest absolute Gasteiger partial charge is 0.0147 e. The maximum Gasteiger partial charge on any atom is 0.0147 e. The van der Waals surface area contributed by atoms with Crippen LogP contribution in [0.5, 0.6) is 0 Å². The number of rotatable bonds is 5. The van der Waals surface area contributed by atoms with Gasteiger partial charge in [0.1, 0.15) is 0 Å². The van der Waals surface area contributed by atoms with Crippen molar-refractivity contribution in [2.75, 3.05) is 0 Å². The maximum absolute atomic E-state index is 2.75. The van der Waals surface area contributed by atoms with Gasteiger partial charge in [0.15, 0.2) is 0 Å². The van der Waals surface area contributed by atoms with Crippen molar-refractivity contribution in [3.05, 3.63) is 11.6 Å². The second-order valence-corrected chi connectivity index (χ2v) is 13.9. The van der Waals surface area contributed by atoms with Crippen LogP contribution in [0, 0.1) is 46.3 Å². The fourth-order valence-electron chi connectivity index (χ4n) is 8.64. The zero-order chi connectivity index (χ0) is 20.1. The van der Waals surface area contributed by atoms with Crippen molar-refractivity contribution < 1.29 is 0 Å². The van der Waals surface area contributed by atoms with Crippen molar-refractivity contribution in [2.45, 2.75) is 109 Å². The van der Waals surface area contributed by atoms with Crippen molar-refractivity contribution in [3.63, 3.8) is 0 Å². The standard InChI is InChI=1S/C27H45I/c1-18(2)7-6-8-19(3)23-11-12-24-22-10-9-20-17-21(28)13-15-26(20,4)25(22)14-16-27(23,24)5/h9,18-19,21-25H,6-8,10-17H2,1-5H3/t19-,21+,22+,23?,24+,25?,26?,27?/m1/s1. The van der Waals surface area contributed by atoms with E-state index in [1.54, 1.807) is 0 Å². The molecule has 0 aliphatic heterocycles. The Kier molecular flexibility index (Phi) is 6.35. The van der Waals surface area contributed by atoms with E-state index in [2.05, 4.69) is 63.3 Å². The normalized spacial score (nSPS) is 46.5. The van der Waals surface area contributed by atoms with Gasteiger partial charge in [-0.2, -0.15) is 0 Å². The van der Waals surface area contributed by atoms with Gasteiger partial charge in [0.05, 0.1) is 0 Å². The molecule has 4 rings (SSSR count). The van der Waals surface area contributed by atoms with Crippen LogP contribution >= 0.6 is 22.6 Å². The molecule has 0 N–H and O–H groups in total. The Morgan fingerprint density at radius 1 is 1.00 bits per heavy atom. The van der Waals surface area contributed by atoms with Gasteiger partial charge in [0, 0.05) is 3.92 Å². The van der Waals surface area contributed by atoms with Crippen LogP contribution in [-0.2, 0) is 0 Å². The van der Waals surface area contributed by atoms with Crippen molar-refractivity contribution in [1.82, 2.24) is 0 Å². The summed E-state index contributed by atoms with van der Waals surface area (Å²) in [6.07, 6.45) is 18.9. The highest BCUT2D eigenvalue weighted by Crippen LogP contribution is 2.67. The summed E-state index contributed by atoms with van der Waals surface area (Å²) < 4.78 is 0.893. The molecule has 0 saturated heterocycles. The van der Waals surface area contributed by atoms with E-state index in [1.165, 1.54) is 70.6 Å². The summed E-state index contributed by atoms with van der Waals surface area (Å²) in [5.74, 6) is 5.79. The molecule has 0 aromatic carbocycles. The van der Waals surface area contributed by atoms with E-state index in [1.807, 2.05) is 5.57 Å². The predicted octanol–water partition coefficient (Wildman–Crippen LogP) is 8.83. The highest BCUT2D eigenvalue weighted by Gasteiger charge is 2.58. The van der Waals surface area contributed by atoms with Crippen molar-refractivity contribution in [3.8, 4) is 0 Å². The molecule has 0 amide bonds. The molecular weight excluding hydrogens is 451 g/mol. The summed E-state index contributed by atoms with van der Waals surface area (Å²) in [4.78, 5) is 0. The molecule has 0 radical (unpaired) electrons. The first kappa shape index (κ1) is 21.7. The van der Waals surface area contributed by atoms with Crippen molar-refractivity contribution >= 4 is 22.6 Å². The Hall–Kier alpha value is 0.470. The molecule has 8 atom stereocenters. The third kappa shape index (κ3) is 3.66. The molecule has 4 unspecified atom stereocenters. The minimum atomic E-state index is 0.548. The molecule has 160 valence electrons. The molecule has 3 saturated carbocycles. The van der Waals surface area contributed by atoms with E-state index in [9.17, 15) is 0 Å². The molecular formula is C27H45I. The fourth-order valence-corrected chi connectivity index (χ4v) is 9.43. The predicted molar refractivity (Wildman–Crippen MR) is 131 cm³/mol. The van der Waals surface area contributed by atoms with E-state index in [-0.39, 0.29) is 0 Å². The zero-order valence-corrected chi connectivity index (χ0v) is 21.4. The topological polar surface area (TPSA) is 0 Å².